The number of amides is 4. The van der Waals surface area contributed by atoms with Gasteiger partial charge in [0.15, 0.2) is 0 Å². The average Bonchev–Trinajstić information content (AvgIpc) is 2.94. The second kappa shape index (κ2) is 18.7. The van der Waals surface area contributed by atoms with Crippen LogP contribution in [0.4, 0.5) is 18.0 Å². The Morgan fingerprint density at radius 2 is 1.36 bits per heavy atom. The molecule has 2 aromatic carbocycles. The highest BCUT2D eigenvalue weighted by atomic mass is 19.4. The van der Waals surface area contributed by atoms with Crippen LogP contribution in [-0.4, -0.2) is 65.8 Å². The molecule has 0 aliphatic heterocycles. The first-order valence-corrected chi connectivity index (χ1v) is 13.1. The summed E-state index contributed by atoms with van der Waals surface area (Å²) >= 11 is 0. The summed E-state index contributed by atoms with van der Waals surface area (Å²) in [6.45, 7) is 2.80. The fourth-order valence-electron chi connectivity index (χ4n) is 3.39. The number of carboxylic acids is 2. The van der Waals surface area contributed by atoms with Gasteiger partial charge in [0, 0.05) is 19.5 Å². The SMILES string of the molecule is CCCNC(=O)NCCCCC(=O)NCC(=O)NC(CC(=O)O)c1ccc(-c2ccccc2)cc1.O=C(O)C(F)(F)F. The molecule has 0 saturated carbocycles. The fourth-order valence-corrected chi connectivity index (χ4v) is 3.39. The molecule has 42 heavy (non-hydrogen) atoms. The van der Waals surface area contributed by atoms with Gasteiger partial charge in [-0.25, -0.2) is 9.59 Å². The van der Waals surface area contributed by atoms with Crippen molar-refractivity contribution < 1.29 is 47.4 Å². The molecule has 4 amide bonds. The van der Waals surface area contributed by atoms with E-state index < -0.39 is 30.1 Å². The largest absolute Gasteiger partial charge is 0.490 e. The number of rotatable bonds is 14. The van der Waals surface area contributed by atoms with Gasteiger partial charge in [-0.15, -0.1) is 0 Å². The molecule has 0 fully saturated rings. The molecule has 1 unspecified atom stereocenters. The van der Waals surface area contributed by atoms with E-state index in [0.29, 0.717) is 31.5 Å². The summed E-state index contributed by atoms with van der Waals surface area (Å²) in [6, 6.07) is 16.2. The minimum absolute atomic E-state index is 0.224. The highest BCUT2D eigenvalue weighted by Crippen LogP contribution is 2.23. The molecule has 0 aliphatic carbocycles. The summed E-state index contributed by atoms with van der Waals surface area (Å²) in [5.74, 6) is -4.54. The van der Waals surface area contributed by atoms with Gasteiger partial charge in [-0.05, 0) is 36.0 Å². The lowest BCUT2D eigenvalue weighted by atomic mass is 9.99. The van der Waals surface area contributed by atoms with E-state index in [1.54, 1.807) is 12.1 Å². The van der Waals surface area contributed by atoms with Crippen LogP contribution in [0.2, 0.25) is 0 Å². The molecular weight excluding hydrogens is 561 g/mol. The number of carbonyl (C=O) groups excluding carboxylic acids is 3. The normalized spacial score (nSPS) is 11.2. The van der Waals surface area contributed by atoms with Crippen LogP contribution in [0.5, 0.6) is 0 Å². The number of unbranched alkanes of at least 4 members (excludes halogenated alkanes) is 1. The lowest BCUT2D eigenvalue weighted by molar-refractivity contribution is -0.192. The number of urea groups is 1. The second-order valence-corrected chi connectivity index (χ2v) is 8.93. The van der Waals surface area contributed by atoms with Crippen molar-refractivity contribution in [3.8, 4) is 11.1 Å². The molecule has 230 valence electrons. The Labute approximate surface area is 240 Å². The first kappa shape index (κ1) is 35.4. The molecule has 2 rings (SSSR count). The predicted molar refractivity (Wildman–Crippen MR) is 147 cm³/mol. The van der Waals surface area contributed by atoms with Gasteiger partial charge in [0.1, 0.15) is 0 Å². The number of aliphatic carboxylic acids is 2. The minimum Gasteiger partial charge on any atom is -0.481 e. The zero-order valence-corrected chi connectivity index (χ0v) is 23.0. The quantitative estimate of drug-likeness (QED) is 0.181. The minimum atomic E-state index is -5.08. The van der Waals surface area contributed by atoms with Crippen LogP contribution in [0.15, 0.2) is 54.6 Å². The van der Waals surface area contributed by atoms with Gasteiger partial charge >= 0.3 is 24.1 Å². The Hall–Kier alpha value is -4.62. The smallest absolute Gasteiger partial charge is 0.481 e. The Morgan fingerprint density at radius 3 is 1.90 bits per heavy atom. The molecule has 0 heterocycles. The Bertz CT molecular complexity index is 1160. The van der Waals surface area contributed by atoms with E-state index in [2.05, 4.69) is 21.3 Å². The number of alkyl halides is 3. The second-order valence-electron chi connectivity index (χ2n) is 8.93. The molecule has 1 atom stereocenters. The highest BCUT2D eigenvalue weighted by molar-refractivity contribution is 5.85. The first-order valence-electron chi connectivity index (χ1n) is 13.1. The third-order valence-electron chi connectivity index (χ3n) is 5.47. The van der Waals surface area contributed by atoms with Crippen LogP contribution in [0.1, 0.15) is 50.6 Å². The monoisotopic (exact) mass is 596 g/mol. The molecule has 11 nitrogen and oxygen atoms in total. The summed E-state index contributed by atoms with van der Waals surface area (Å²) < 4.78 is 31.7. The summed E-state index contributed by atoms with van der Waals surface area (Å²) in [5.41, 5.74) is 2.69. The topological polar surface area (TPSA) is 174 Å². The summed E-state index contributed by atoms with van der Waals surface area (Å²) in [4.78, 5) is 56.0. The highest BCUT2D eigenvalue weighted by Gasteiger charge is 2.38. The van der Waals surface area contributed by atoms with E-state index in [1.807, 2.05) is 49.4 Å². The van der Waals surface area contributed by atoms with Gasteiger partial charge in [0.25, 0.3) is 0 Å². The van der Waals surface area contributed by atoms with E-state index in [4.69, 9.17) is 9.90 Å². The lowest BCUT2D eigenvalue weighted by Gasteiger charge is -2.18. The Balaban J connectivity index is 0.00000112. The van der Waals surface area contributed by atoms with Crippen LogP contribution >= 0.6 is 0 Å². The van der Waals surface area contributed by atoms with Crippen molar-refractivity contribution >= 4 is 29.8 Å². The van der Waals surface area contributed by atoms with E-state index in [-0.39, 0.29) is 31.3 Å². The van der Waals surface area contributed by atoms with Crippen molar-refractivity contribution in [3.63, 3.8) is 0 Å². The fraction of sp³-hybridized carbons (Fsp3) is 0.393. The van der Waals surface area contributed by atoms with Crippen LogP contribution in [0.3, 0.4) is 0 Å². The van der Waals surface area contributed by atoms with Crippen LogP contribution in [-0.2, 0) is 19.2 Å². The number of nitrogens with one attached hydrogen (secondary N) is 4. The van der Waals surface area contributed by atoms with Gasteiger partial charge in [0.05, 0.1) is 19.0 Å². The Morgan fingerprint density at radius 1 is 0.786 bits per heavy atom. The van der Waals surface area contributed by atoms with Crippen molar-refractivity contribution in [2.24, 2.45) is 0 Å². The van der Waals surface area contributed by atoms with Gasteiger partial charge in [-0.1, -0.05) is 61.5 Å². The van der Waals surface area contributed by atoms with Gasteiger partial charge < -0.3 is 31.5 Å². The van der Waals surface area contributed by atoms with Crippen molar-refractivity contribution in [2.75, 3.05) is 19.6 Å². The maximum absolute atomic E-state index is 12.4. The van der Waals surface area contributed by atoms with E-state index in [0.717, 1.165) is 17.5 Å². The van der Waals surface area contributed by atoms with Crippen molar-refractivity contribution in [3.05, 3.63) is 60.2 Å². The van der Waals surface area contributed by atoms with E-state index >= 15 is 0 Å². The maximum atomic E-state index is 12.4. The van der Waals surface area contributed by atoms with E-state index in [1.165, 1.54) is 0 Å². The van der Waals surface area contributed by atoms with Crippen molar-refractivity contribution in [2.45, 2.75) is 51.2 Å². The summed E-state index contributed by atoms with van der Waals surface area (Å²) in [5, 5.41) is 27.1. The van der Waals surface area contributed by atoms with E-state index in [9.17, 15) is 37.5 Å². The number of hydrogen-bond acceptors (Lipinski definition) is 5. The first-order chi connectivity index (χ1) is 19.8. The maximum Gasteiger partial charge on any atom is 0.490 e. The molecule has 0 aliphatic rings. The third-order valence-corrected chi connectivity index (χ3v) is 5.47. The molecule has 0 radical (unpaired) electrons. The molecule has 0 aromatic heterocycles. The van der Waals surface area contributed by atoms with Crippen molar-refractivity contribution in [1.82, 2.24) is 21.3 Å². The number of halogens is 3. The predicted octanol–water partition coefficient (Wildman–Crippen LogP) is 3.61. The standard InChI is InChI=1S/C26H34N4O5.C2HF3O2/c1-2-15-27-26(35)28-16-7-6-10-23(31)29-18-24(32)30-22(17-25(33)34)21-13-11-20(12-14-21)19-8-4-3-5-9-19;3-2(4,5)1(6)7/h3-5,8-9,11-14,22H,2,6-7,10,15-18H2,1H3,(H,29,31)(H,30,32)(H,33,34)(H2,27,28,35);(H,6,7). The molecule has 0 spiro atoms. The number of hydrogen-bond donors (Lipinski definition) is 6. The molecule has 6 N–H and O–H groups in total. The zero-order chi connectivity index (χ0) is 31.5. The number of carbonyl (C=O) groups is 5. The summed E-state index contributed by atoms with van der Waals surface area (Å²) in [7, 11) is 0. The Kier molecular flexibility index (Phi) is 15.7. The molecular formula is C28H35F3N4O7. The molecule has 2 aromatic rings. The van der Waals surface area contributed by atoms with Crippen LogP contribution in [0.25, 0.3) is 11.1 Å². The average molecular weight is 597 g/mol. The van der Waals surface area contributed by atoms with Crippen LogP contribution in [0, 0.1) is 0 Å². The molecule has 0 bridgehead atoms. The van der Waals surface area contributed by atoms with Crippen molar-refractivity contribution in [1.29, 1.82) is 0 Å². The molecule has 0 saturated heterocycles. The van der Waals surface area contributed by atoms with Gasteiger partial charge in [-0.3, -0.25) is 14.4 Å². The van der Waals surface area contributed by atoms with Crippen LogP contribution < -0.4 is 21.3 Å². The van der Waals surface area contributed by atoms with Gasteiger partial charge in [-0.2, -0.15) is 13.2 Å². The number of carboxylic acid groups (broad SMARTS) is 2. The third kappa shape index (κ3) is 15.2. The van der Waals surface area contributed by atoms with Gasteiger partial charge in [0.2, 0.25) is 11.8 Å². The summed E-state index contributed by atoms with van der Waals surface area (Å²) in [6.07, 6.45) is -3.07. The lowest BCUT2D eigenvalue weighted by Crippen LogP contribution is -2.39. The number of benzene rings is 2. The zero-order valence-electron chi connectivity index (χ0n) is 23.0. The molecule has 14 heteroatoms.